The second-order valence-corrected chi connectivity index (χ2v) is 1.97. The maximum absolute atomic E-state index is 10.00. The van der Waals surface area contributed by atoms with Crippen LogP contribution in [0.3, 0.4) is 0 Å². The second kappa shape index (κ2) is 2.24. The summed E-state index contributed by atoms with van der Waals surface area (Å²) in [5.41, 5.74) is 0. The van der Waals surface area contributed by atoms with Crippen molar-refractivity contribution in [2.75, 3.05) is 6.54 Å². The van der Waals surface area contributed by atoms with Gasteiger partial charge in [0.1, 0.15) is 6.29 Å². The first kappa shape index (κ1) is 5.72. The summed E-state index contributed by atoms with van der Waals surface area (Å²) in [6.45, 7) is 0.755. The van der Waals surface area contributed by atoms with Gasteiger partial charge in [0.05, 0.1) is 12.1 Å². The Hall–Kier alpha value is -0.410. The highest BCUT2D eigenvalue weighted by Gasteiger charge is 2.22. The number of nitrogens with one attached hydrogen (secondary N) is 1. The number of rotatable bonds is 1. The largest absolute Gasteiger partial charge is 0.391 e. The molecule has 0 amide bonds. The van der Waals surface area contributed by atoms with Gasteiger partial charge in [-0.15, -0.1) is 0 Å². The van der Waals surface area contributed by atoms with Crippen molar-refractivity contribution >= 4 is 6.29 Å². The molecule has 46 valence electrons. The summed E-state index contributed by atoms with van der Waals surface area (Å²) in [5, 5.41) is 11.7. The Morgan fingerprint density at radius 1 is 1.75 bits per heavy atom. The summed E-state index contributed by atoms with van der Waals surface area (Å²) in [6, 6.07) is -0.310. The summed E-state index contributed by atoms with van der Waals surface area (Å²) >= 11 is 0. The summed E-state index contributed by atoms with van der Waals surface area (Å²) in [7, 11) is 0. The SMILES string of the molecule is O=C[C@@H]1NCC[C@H]1O. The van der Waals surface area contributed by atoms with Crippen LogP contribution in [0.5, 0.6) is 0 Å². The lowest BCUT2D eigenvalue weighted by atomic mass is 10.2. The molecule has 0 aromatic rings. The molecule has 1 aliphatic rings. The van der Waals surface area contributed by atoms with Crippen molar-refractivity contribution in [1.82, 2.24) is 5.32 Å². The summed E-state index contributed by atoms with van der Waals surface area (Å²) in [5.74, 6) is 0. The second-order valence-electron chi connectivity index (χ2n) is 1.97. The first-order valence-corrected chi connectivity index (χ1v) is 2.71. The fourth-order valence-corrected chi connectivity index (χ4v) is 0.852. The van der Waals surface area contributed by atoms with Gasteiger partial charge in [0.2, 0.25) is 0 Å². The van der Waals surface area contributed by atoms with E-state index in [4.69, 9.17) is 5.11 Å². The van der Waals surface area contributed by atoms with E-state index in [1.807, 2.05) is 0 Å². The predicted octanol–water partition coefficient (Wildman–Crippen LogP) is -1.09. The Labute approximate surface area is 47.7 Å². The molecule has 3 heteroatoms. The molecular formula is C5H9NO2. The Bertz CT molecular complexity index is 94.4. The van der Waals surface area contributed by atoms with E-state index in [0.29, 0.717) is 6.42 Å². The highest BCUT2D eigenvalue weighted by atomic mass is 16.3. The summed E-state index contributed by atoms with van der Waals surface area (Å²) in [6.07, 6.45) is 0.994. The zero-order valence-corrected chi connectivity index (χ0v) is 4.50. The van der Waals surface area contributed by atoms with E-state index in [1.54, 1.807) is 0 Å². The van der Waals surface area contributed by atoms with Crippen LogP contribution in [-0.4, -0.2) is 30.1 Å². The number of carbonyl (C=O) groups excluding carboxylic acids is 1. The lowest BCUT2D eigenvalue weighted by Gasteiger charge is -2.03. The van der Waals surface area contributed by atoms with Gasteiger partial charge in [-0.25, -0.2) is 0 Å². The molecule has 0 bridgehead atoms. The Kier molecular flexibility index (Phi) is 1.60. The molecule has 0 aromatic heterocycles. The van der Waals surface area contributed by atoms with Crippen molar-refractivity contribution in [2.24, 2.45) is 0 Å². The average molecular weight is 115 g/mol. The van der Waals surface area contributed by atoms with Crippen LogP contribution in [0.2, 0.25) is 0 Å². The fourth-order valence-electron chi connectivity index (χ4n) is 0.852. The number of hydrogen-bond acceptors (Lipinski definition) is 3. The molecule has 0 radical (unpaired) electrons. The molecule has 0 unspecified atom stereocenters. The van der Waals surface area contributed by atoms with Crippen molar-refractivity contribution < 1.29 is 9.90 Å². The summed E-state index contributed by atoms with van der Waals surface area (Å²) in [4.78, 5) is 10.00. The zero-order valence-electron chi connectivity index (χ0n) is 4.50. The van der Waals surface area contributed by atoms with Crippen LogP contribution in [0, 0.1) is 0 Å². The van der Waals surface area contributed by atoms with Crippen LogP contribution >= 0.6 is 0 Å². The van der Waals surface area contributed by atoms with Crippen LogP contribution in [0.4, 0.5) is 0 Å². The Morgan fingerprint density at radius 3 is 2.75 bits per heavy atom. The number of aliphatic hydroxyl groups excluding tert-OH is 1. The van der Waals surface area contributed by atoms with Gasteiger partial charge < -0.3 is 15.2 Å². The summed E-state index contributed by atoms with van der Waals surface area (Å²) < 4.78 is 0. The minimum absolute atomic E-state index is 0.310. The van der Waals surface area contributed by atoms with Crippen molar-refractivity contribution in [2.45, 2.75) is 18.6 Å². The first-order valence-electron chi connectivity index (χ1n) is 2.71. The van der Waals surface area contributed by atoms with Gasteiger partial charge in [0, 0.05) is 0 Å². The topological polar surface area (TPSA) is 49.3 Å². The molecular weight excluding hydrogens is 106 g/mol. The smallest absolute Gasteiger partial charge is 0.139 e. The molecule has 0 spiro atoms. The number of carbonyl (C=O) groups is 1. The molecule has 0 aliphatic carbocycles. The van der Waals surface area contributed by atoms with Gasteiger partial charge in [0.15, 0.2) is 0 Å². The molecule has 3 nitrogen and oxygen atoms in total. The number of hydrogen-bond donors (Lipinski definition) is 2. The molecule has 0 saturated carbocycles. The van der Waals surface area contributed by atoms with Crippen molar-refractivity contribution in [3.05, 3.63) is 0 Å². The van der Waals surface area contributed by atoms with E-state index >= 15 is 0 Å². The van der Waals surface area contributed by atoms with Crippen LogP contribution in [0.25, 0.3) is 0 Å². The standard InChI is InChI=1S/C5H9NO2/c7-3-4-5(8)1-2-6-4/h3-6,8H,1-2H2/t4-,5+/m0/s1. The van der Waals surface area contributed by atoms with E-state index < -0.39 is 6.10 Å². The predicted molar refractivity (Wildman–Crippen MR) is 28.5 cm³/mol. The highest BCUT2D eigenvalue weighted by Crippen LogP contribution is 2.02. The van der Waals surface area contributed by atoms with E-state index in [9.17, 15) is 4.79 Å². The highest BCUT2D eigenvalue weighted by molar-refractivity contribution is 5.59. The molecule has 8 heavy (non-hydrogen) atoms. The molecule has 1 heterocycles. The van der Waals surface area contributed by atoms with Gasteiger partial charge in [-0.1, -0.05) is 0 Å². The van der Waals surface area contributed by atoms with Gasteiger partial charge in [-0.2, -0.15) is 0 Å². The van der Waals surface area contributed by atoms with E-state index in [2.05, 4.69) is 5.32 Å². The number of aliphatic hydroxyl groups is 1. The van der Waals surface area contributed by atoms with E-state index in [0.717, 1.165) is 12.8 Å². The lowest BCUT2D eigenvalue weighted by Crippen LogP contribution is -2.31. The van der Waals surface area contributed by atoms with Crippen molar-refractivity contribution in [3.63, 3.8) is 0 Å². The third-order valence-corrected chi connectivity index (χ3v) is 1.38. The Balaban J connectivity index is 2.41. The third-order valence-electron chi connectivity index (χ3n) is 1.38. The van der Waals surface area contributed by atoms with E-state index in [-0.39, 0.29) is 6.04 Å². The molecule has 2 N–H and O–H groups in total. The van der Waals surface area contributed by atoms with E-state index in [1.165, 1.54) is 0 Å². The molecule has 0 aromatic carbocycles. The van der Waals surface area contributed by atoms with Gasteiger partial charge in [-0.3, -0.25) is 0 Å². The molecule has 1 aliphatic heterocycles. The molecule has 2 atom stereocenters. The van der Waals surface area contributed by atoms with Gasteiger partial charge in [-0.05, 0) is 13.0 Å². The van der Waals surface area contributed by atoms with Crippen LogP contribution in [0.15, 0.2) is 0 Å². The lowest BCUT2D eigenvalue weighted by molar-refractivity contribution is -0.110. The normalized spacial score (nSPS) is 37.6. The van der Waals surface area contributed by atoms with Crippen LogP contribution < -0.4 is 5.32 Å². The van der Waals surface area contributed by atoms with Gasteiger partial charge >= 0.3 is 0 Å². The molecule has 1 fully saturated rings. The average Bonchev–Trinajstić information content (AvgIpc) is 2.14. The first-order chi connectivity index (χ1) is 3.84. The van der Waals surface area contributed by atoms with Crippen LogP contribution in [0.1, 0.15) is 6.42 Å². The van der Waals surface area contributed by atoms with Crippen molar-refractivity contribution in [3.8, 4) is 0 Å². The monoisotopic (exact) mass is 115 g/mol. The quantitative estimate of drug-likeness (QED) is 0.427. The van der Waals surface area contributed by atoms with Crippen LogP contribution in [-0.2, 0) is 4.79 Å². The maximum atomic E-state index is 10.00. The fraction of sp³-hybridized carbons (Fsp3) is 0.800. The Morgan fingerprint density at radius 2 is 2.50 bits per heavy atom. The molecule has 1 saturated heterocycles. The maximum Gasteiger partial charge on any atom is 0.139 e. The minimum atomic E-state index is -0.451. The molecule has 1 rings (SSSR count). The minimum Gasteiger partial charge on any atom is -0.391 e. The third kappa shape index (κ3) is 0.877. The zero-order chi connectivity index (χ0) is 5.98. The number of aldehydes is 1. The van der Waals surface area contributed by atoms with Crippen molar-refractivity contribution in [1.29, 1.82) is 0 Å². The van der Waals surface area contributed by atoms with Gasteiger partial charge in [0.25, 0.3) is 0 Å².